The van der Waals surface area contributed by atoms with Gasteiger partial charge in [-0.2, -0.15) is 0 Å². The quantitative estimate of drug-likeness (QED) is 0.262. The molecular formula is C31H29N3O4. The Balaban J connectivity index is 1.45. The average Bonchev–Trinajstić information content (AvgIpc) is 3.26. The number of aryl methyl sites for hydroxylation is 3. The molecule has 1 N–H and O–H groups in total. The van der Waals surface area contributed by atoms with Gasteiger partial charge in [0.25, 0.3) is 11.8 Å². The second kappa shape index (κ2) is 10.4. The molecule has 3 aromatic carbocycles. The SMILES string of the molecule is CCc1ccc(N2C(=O)NC(=O)/C(=C/c3cn(CCOc4c(C)cccc4C)c4ccccc34)C2=O)cc1. The maximum Gasteiger partial charge on any atom is 0.335 e. The van der Waals surface area contributed by atoms with Gasteiger partial charge in [-0.3, -0.25) is 14.9 Å². The summed E-state index contributed by atoms with van der Waals surface area (Å²) in [5, 5.41) is 3.20. The zero-order chi connectivity index (χ0) is 26.8. The zero-order valence-corrected chi connectivity index (χ0v) is 21.7. The normalized spacial score (nSPS) is 14.9. The number of hydrogen-bond acceptors (Lipinski definition) is 4. The number of benzene rings is 3. The smallest absolute Gasteiger partial charge is 0.335 e. The Morgan fingerprint density at radius 2 is 1.61 bits per heavy atom. The van der Waals surface area contributed by atoms with Crippen LogP contribution >= 0.6 is 0 Å². The number of ether oxygens (including phenoxy) is 1. The van der Waals surface area contributed by atoms with E-state index in [1.54, 1.807) is 18.2 Å². The molecule has 1 saturated heterocycles. The first-order valence-corrected chi connectivity index (χ1v) is 12.6. The number of para-hydroxylation sites is 2. The van der Waals surface area contributed by atoms with E-state index in [4.69, 9.17) is 4.74 Å². The second-order valence-electron chi connectivity index (χ2n) is 9.34. The zero-order valence-electron chi connectivity index (χ0n) is 21.7. The molecule has 0 saturated carbocycles. The van der Waals surface area contributed by atoms with Gasteiger partial charge in [-0.05, 0) is 61.2 Å². The molecular weight excluding hydrogens is 478 g/mol. The number of imide groups is 2. The summed E-state index contributed by atoms with van der Waals surface area (Å²) in [5.74, 6) is -0.484. The van der Waals surface area contributed by atoms with E-state index >= 15 is 0 Å². The molecule has 192 valence electrons. The van der Waals surface area contributed by atoms with E-state index in [-0.39, 0.29) is 5.57 Å². The Hall–Kier alpha value is -4.65. The highest BCUT2D eigenvalue weighted by Crippen LogP contribution is 2.27. The van der Waals surface area contributed by atoms with Crippen LogP contribution in [0.15, 0.2) is 78.5 Å². The number of urea groups is 1. The topological polar surface area (TPSA) is 80.6 Å². The highest BCUT2D eigenvalue weighted by Gasteiger charge is 2.37. The number of carbonyl (C=O) groups is 3. The highest BCUT2D eigenvalue weighted by atomic mass is 16.5. The minimum absolute atomic E-state index is 0.0983. The Bertz CT molecular complexity index is 1560. The van der Waals surface area contributed by atoms with Gasteiger partial charge in [-0.15, -0.1) is 0 Å². The van der Waals surface area contributed by atoms with Gasteiger partial charge in [0, 0.05) is 22.7 Å². The van der Waals surface area contributed by atoms with Crippen molar-refractivity contribution in [2.75, 3.05) is 11.5 Å². The Kier molecular flexibility index (Phi) is 6.83. The molecule has 38 heavy (non-hydrogen) atoms. The summed E-state index contributed by atoms with van der Waals surface area (Å²) in [5.41, 5.74) is 5.22. The van der Waals surface area contributed by atoms with Crippen molar-refractivity contribution >= 4 is 40.5 Å². The van der Waals surface area contributed by atoms with Crippen LogP contribution in [0.1, 0.15) is 29.2 Å². The van der Waals surface area contributed by atoms with Gasteiger partial charge < -0.3 is 9.30 Å². The van der Waals surface area contributed by atoms with Gasteiger partial charge in [-0.25, -0.2) is 9.69 Å². The van der Waals surface area contributed by atoms with Crippen LogP contribution in [0.2, 0.25) is 0 Å². The lowest BCUT2D eigenvalue weighted by Crippen LogP contribution is -2.54. The van der Waals surface area contributed by atoms with Crippen LogP contribution in [0.3, 0.4) is 0 Å². The number of rotatable bonds is 7. The monoisotopic (exact) mass is 507 g/mol. The van der Waals surface area contributed by atoms with Crippen molar-refractivity contribution in [1.82, 2.24) is 9.88 Å². The fourth-order valence-electron chi connectivity index (χ4n) is 4.78. The van der Waals surface area contributed by atoms with Crippen molar-refractivity contribution in [3.63, 3.8) is 0 Å². The summed E-state index contributed by atoms with van der Waals surface area (Å²) >= 11 is 0. The van der Waals surface area contributed by atoms with Crippen molar-refractivity contribution in [2.45, 2.75) is 33.7 Å². The summed E-state index contributed by atoms with van der Waals surface area (Å²) in [6, 6.07) is 20.3. The van der Waals surface area contributed by atoms with E-state index in [0.29, 0.717) is 24.4 Å². The molecule has 1 fully saturated rings. The molecule has 0 spiro atoms. The van der Waals surface area contributed by atoms with Crippen molar-refractivity contribution in [3.8, 4) is 5.75 Å². The lowest BCUT2D eigenvalue weighted by molar-refractivity contribution is -0.122. The third-order valence-electron chi connectivity index (χ3n) is 6.81. The maximum atomic E-state index is 13.4. The molecule has 1 aromatic heterocycles. The van der Waals surface area contributed by atoms with Crippen molar-refractivity contribution < 1.29 is 19.1 Å². The first-order chi connectivity index (χ1) is 18.4. The molecule has 2 heterocycles. The number of anilines is 1. The van der Waals surface area contributed by atoms with E-state index in [1.807, 2.05) is 86.1 Å². The summed E-state index contributed by atoms with van der Waals surface area (Å²) in [6.45, 7) is 7.10. The predicted molar refractivity (Wildman–Crippen MR) is 148 cm³/mol. The summed E-state index contributed by atoms with van der Waals surface area (Å²) < 4.78 is 8.15. The predicted octanol–water partition coefficient (Wildman–Crippen LogP) is 5.57. The molecule has 1 aliphatic heterocycles. The Morgan fingerprint density at radius 3 is 2.32 bits per heavy atom. The van der Waals surface area contributed by atoms with E-state index < -0.39 is 17.8 Å². The fourth-order valence-corrected chi connectivity index (χ4v) is 4.78. The molecule has 4 aromatic rings. The minimum Gasteiger partial charge on any atom is -0.491 e. The largest absolute Gasteiger partial charge is 0.491 e. The van der Waals surface area contributed by atoms with Gasteiger partial charge in [0.15, 0.2) is 0 Å². The first kappa shape index (κ1) is 25.0. The fraction of sp³-hybridized carbons (Fsp3) is 0.194. The molecule has 4 amide bonds. The second-order valence-corrected chi connectivity index (χ2v) is 9.34. The minimum atomic E-state index is -0.757. The molecule has 0 radical (unpaired) electrons. The van der Waals surface area contributed by atoms with Crippen LogP contribution < -0.4 is 15.0 Å². The first-order valence-electron chi connectivity index (χ1n) is 12.6. The lowest BCUT2D eigenvalue weighted by Gasteiger charge is -2.26. The molecule has 0 atom stereocenters. The molecule has 0 unspecified atom stereocenters. The molecule has 0 aliphatic carbocycles. The van der Waals surface area contributed by atoms with Crippen LogP contribution in [0.25, 0.3) is 17.0 Å². The van der Waals surface area contributed by atoms with Crippen LogP contribution in [-0.2, 0) is 22.6 Å². The average molecular weight is 508 g/mol. The van der Waals surface area contributed by atoms with Crippen molar-refractivity contribution in [1.29, 1.82) is 0 Å². The molecule has 5 rings (SSSR count). The van der Waals surface area contributed by atoms with Gasteiger partial charge in [0.1, 0.15) is 17.9 Å². The van der Waals surface area contributed by atoms with Gasteiger partial charge in [0.2, 0.25) is 0 Å². The van der Waals surface area contributed by atoms with E-state index in [1.165, 1.54) is 0 Å². The number of barbiturate groups is 1. The van der Waals surface area contributed by atoms with Gasteiger partial charge >= 0.3 is 6.03 Å². The number of carbonyl (C=O) groups excluding carboxylic acids is 3. The summed E-state index contributed by atoms with van der Waals surface area (Å²) in [6.07, 6.45) is 4.30. The Labute approximate surface area is 221 Å². The molecule has 7 nitrogen and oxygen atoms in total. The number of nitrogens with zero attached hydrogens (tertiary/aromatic N) is 2. The Morgan fingerprint density at radius 1 is 0.895 bits per heavy atom. The van der Waals surface area contributed by atoms with E-state index in [2.05, 4.69) is 5.32 Å². The van der Waals surface area contributed by atoms with E-state index in [0.717, 1.165) is 44.7 Å². The highest BCUT2D eigenvalue weighted by molar-refractivity contribution is 6.39. The van der Waals surface area contributed by atoms with Gasteiger partial charge in [0.05, 0.1) is 12.2 Å². The summed E-state index contributed by atoms with van der Waals surface area (Å²) in [4.78, 5) is 39.7. The number of aromatic nitrogens is 1. The molecule has 1 aliphatic rings. The number of amides is 4. The number of nitrogens with one attached hydrogen (secondary N) is 1. The van der Waals surface area contributed by atoms with Crippen LogP contribution in [0.4, 0.5) is 10.5 Å². The van der Waals surface area contributed by atoms with Crippen LogP contribution in [0.5, 0.6) is 5.75 Å². The number of hydrogen-bond donors (Lipinski definition) is 1. The third kappa shape index (κ3) is 4.70. The lowest BCUT2D eigenvalue weighted by atomic mass is 10.1. The third-order valence-corrected chi connectivity index (χ3v) is 6.81. The van der Waals surface area contributed by atoms with Crippen LogP contribution in [-0.4, -0.2) is 29.0 Å². The van der Waals surface area contributed by atoms with Crippen molar-refractivity contribution in [3.05, 3.63) is 101 Å². The maximum absolute atomic E-state index is 13.4. The van der Waals surface area contributed by atoms with E-state index in [9.17, 15) is 14.4 Å². The summed E-state index contributed by atoms with van der Waals surface area (Å²) in [7, 11) is 0. The van der Waals surface area contributed by atoms with Gasteiger partial charge in [-0.1, -0.05) is 55.5 Å². The van der Waals surface area contributed by atoms with Crippen LogP contribution in [0, 0.1) is 13.8 Å². The number of fused-ring (bicyclic) bond motifs is 1. The standard InChI is InChI=1S/C31H29N3O4/c1-4-22-12-14-24(15-13-22)34-30(36)26(29(35)32-31(34)37)18-23-19-33(27-11-6-5-10-25(23)27)16-17-38-28-20(2)8-7-9-21(28)3/h5-15,18-19H,4,16-17H2,1-3H3,(H,32,35,37)/b26-18-. The van der Waals surface area contributed by atoms with Crippen molar-refractivity contribution in [2.24, 2.45) is 0 Å². The molecule has 0 bridgehead atoms. The molecule has 7 heteroatoms.